The molecular formula is C34H34ClN5O. The van der Waals surface area contributed by atoms with Crippen molar-refractivity contribution < 1.29 is 4.79 Å². The van der Waals surface area contributed by atoms with E-state index in [-0.39, 0.29) is 11.9 Å². The van der Waals surface area contributed by atoms with E-state index < -0.39 is 0 Å². The third kappa shape index (κ3) is 5.79. The van der Waals surface area contributed by atoms with Crippen LogP contribution < -0.4 is 4.90 Å². The van der Waals surface area contributed by atoms with E-state index in [1.807, 2.05) is 73.8 Å². The van der Waals surface area contributed by atoms with Crippen molar-refractivity contribution in [2.24, 2.45) is 0 Å². The Morgan fingerprint density at radius 3 is 2.51 bits per heavy atom. The van der Waals surface area contributed by atoms with Crippen molar-refractivity contribution >= 4 is 34.2 Å². The molecule has 2 saturated heterocycles. The average molecular weight is 564 g/mol. The summed E-state index contributed by atoms with van der Waals surface area (Å²) in [7, 11) is 1.99. The second-order valence-electron chi connectivity index (χ2n) is 11.2. The Labute approximate surface area is 246 Å². The second-order valence-corrected chi connectivity index (χ2v) is 11.6. The monoisotopic (exact) mass is 563 g/mol. The molecule has 6 nitrogen and oxygen atoms in total. The van der Waals surface area contributed by atoms with Gasteiger partial charge in [-0.2, -0.15) is 5.26 Å². The SMILES string of the molecule is CN(Cc1ccccc1Cl)c1cc(C(=O)N2CCC[C@H]2CN2CCCC2)c2cc(-c3ccc(C#N)cc3)ccc2n1. The maximum absolute atomic E-state index is 14.4. The fourth-order valence-corrected chi connectivity index (χ4v) is 6.37. The summed E-state index contributed by atoms with van der Waals surface area (Å²) in [4.78, 5) is 26.0. The van der Waals surface area contributed by atoms with Gasteiger partial charge in [-0.15, -0.1) is 0 Å². The lowest BCUT2D eigenvalue weighted by Crippen LogP contribution is -2.42. The molecule has 2 aliphatic heterocycles. The number of carbonyl (C=O) groups excluding carboxylic acids is 1. The van der Waals surface area contributed by atoms with E-state index in [1.54, 1.807) is 0 Å². The number of amides is 1. The molecular weight excluding hydrogens is 530 g/mol. The lowest BCUT2D eigenvalue weighted by Gasteiger charge is -2.29. The minimum absolute atomic E-state index is 0.0727. The number of anilines is 1. The first-order valence-electron chi connectivity index (χ1n) is 14.4. The summed E-state index contributed by atoms with van der Waals surface area (Å²) in [5.74, 6) is 0.811. The van der Waals surface area contributed by atoms with Gasteiger partial charge >= 0.3 is 0 Å². The molecule has 1 atom stereocenters. The van der Waals surface area contributed by atoms with E-state index in [2.05, 4.69) is 26.8 Å². The number of halogens is 1. The van der Waals surface area contributed by atoms with Gasteiger partial charge in [-0.3, -0.25) is 4.79 Å². The number of hydrogen-bond acceptors (Lipinski definition) is 5. The van der Waals surface area contributed by atoms with Crippen LogP contribution in [-0.2, 0) is 6.54 Å². The fraction of sp³-hybridized carbons (Fsp3) is 0.324. The van der Waals surface area contributed by atoms with Gasteiger partial charge in [0.2, 0.25) is 0 Å². The Kier molecular flexibility index (Phi) is 7.91. The number of nitriles is 1. The van der Waals surface area contributed by atoms with Crippen LogP contribution in [0.3, 0.4) is 0 Å². The molecule has 0 unspecified atom stereocenters. The Morgan fingerprint density at radius 1 is 1.00 bits per heavy atom. The van der Waals surface area contributed by atoms with E-state index in [1.165, 1.54) is 12.8 Å². The predicted octanol–water partition coefficient (Wildman–Crippen LogP) is 6.76. The first-order chi connectivity index (χ1) is 20.0. The quantitative estimate of drug-likeness (QED) is 0.248. The van der Waals surface area contributed by atoms with Gasteiger partial charge in [0, 0.05) is 43.1 Å². The average Bonchev–Trinajstić information content (AvgIpc) is 3.70. The van der Waals surface area contributed by atoms with Crippen LogP contribution in [0, 0.1) is 11.3 Å². The summed E-state index contributed by atoms with van der Waals surface area (Å²) in [6.07, 6.45) is 4.56. The molecule has 7 heteroatoms. The van der Waals surface area contributed by atoms with Crippen molar-refractivity contribution in [3.05, 3.63) is 94.5 Å². The lowest BCUT2D eigenvalue weighted by molar-refractivity contribution is 0.0710. The van der Waals surface area contributed by atoms with Crippen LogP contribution in [0.4, 0.5) is 5.82 Å². The van der Waals surface area contributed by atoms with Crippen molar-refractivity contribution in [3.8, 4) is 17.2 Å². The highest BCUT2D eigenvalue weighted by atomic mass is 35.5. The highest BCUT2D eigenvalue weighted by molar-refractivity contribution is 6.31. The van der Waals surface area contributed by atoms with E-state index in [0.717, 1.165) is 72.4 Å². The summed E-state index contributed by atoms with van der Waals surface area (Å²) in [5, 5.41) is 10.8. The lowest BCUT2D eigenvalue weighted by atomic mass is 9.99. The van der Waals surface area contributed by atoms with Gasteiger partial charge < -0.3 is 14.7 Å². The van der Waals surface area contributed by atoms with Crippen LogP contribution in [0.2, 0.25) is 5.02 Å². The Hall–Kier alpha value is -3.92. The largest absolute Gasteiger partial charge is 0.355 e. The molecule has 6 rings (SSSR count). The number of nitrogens with zero attached hydrogens (tertiary/aromatic N) is 5. The number of likely N-dealkylation sites (tertiary alicyclic amines) is 2. The number of carbonyl (C=O) groups is 1. The molecule has 0 saturated carbocycles. The summed E-state index contributed by atoms with van der Waals surface area (Å²) in [6, 6.07) is 25.8. The number of benzene rings is 3. The standard InChI is InChI=1S/C34H34ClN5O/c1-38(22-27-7-2-3-9-31(27)35)33-20-30(34(41)40-18-6-8-28(40)23-39-16-4-5-17-39)29-19-26(14-15-32(29)37-33)25-12-10-24(21-36)11-13-25/h2-3,7,9-15,19-20,28H,4-6,8,16-18,22-23H2,1H3/t28-/m0/s1. The van der Waals surface area contributed by atoms with E-state index in [9.17, 15) is 10.1 Å². The minimum atomic E-state index is 0.0727. The number of fused-ring (bicyclic) bond motifs is 1. The van der Waals surface area contributed by atoms with E-state index >= 15 is 0 Å². The normalized spacial score (nSPS) is 17.2. The van der Waals surface area contributed by atoms with Crippen LogP contribution in [0.15, 0.2) is 72.8 Å². The third-order valence-corrected chi connectivity index (χ3v) is 8.80. The molecule has 0 bridgehead atoms. The first-order valence-corrected chi connectivity index (χ1v) is 14.8. The van der Waals surface area contributed by atoms with Crippen LogP contribution in [0.5, 0.6) is 0 Å². The van der Waals surface area contributed by atoms with E-state index in [0.29, 0.717) is 22.7 Å². The molecule has 1 aromatic heterocycles. The summed E-state index contributed by atoms with van der Waals surface area (Å²) < 4.78 is 0. The molecule has 0 spiro atoms. The number of rotatable bonds is 7. The van der Waals surface area contributed by atoms with Crippen molar-refractivity contribution in [2.45, 2.75) is 38.3 Å². The summed E-state index contributed by atoms with van der Waals surface area (Å²) >= 11 is 6.47. The zero-order valence-corrected chi connectivity index (χ0v) is 24.1. The van der Waals surface area contributed by atoms with Crippen LogP contribution in [0.25, 0.3) is 22.0 Å². The molecule has 2 aliphatic rings. The molecule has 3 aromatic carbocycles. The zero-order valence-electron chi connectivity index (χ0n) is 23.4. The molecule has 0 N–H and O–H groups in total. The van der Waals surface area contributed by atoms with Gasteiger partial charge in [-0.25, -0.2) is 4.98 Å². The van der Waals surface area contributed by atoms with Crippen molar-refractivity contribution in [1.82, 2.24) is 14.8 Å². The van der Waals surface area contributed by atoms with Crippen molar-refractivity contribution in [2.75, 3.05) is 38.1 Å². The van der Waals surface area contributed by atoms with Gasteiger partial charge in [-0.1, -0.05) is 48.0 Å². The van der Waals surface area contributed by atoms with Gasteiger partial charge in [0.05, 0.1) is 22.7 Å². The zero-order chi connectivity index (χ0) is 28.3. The molecule has 0 radical (unpaired) electrons. The van der Waals surface area contributed by atoms with Crippen LogP contribution >= 0.6 is 11.6 Å². The van der Waals surface area contributed by atoms with Crippen LogP contribution in [0.1, 0.15) is 47.2 Å². The maximum Gasteiger partial charge on any atom is 0.254 e. The highest BCUT2D eigenvalue weighted by Crippen LogP contribution is 2.32. The molecule has 41 heavy (non-hydrogen) atoms. The Bertz CT molecular complexity index is 1610. The summed E-state index contributed by atoms with van der Waals surface area (Å²) in [5.41, 5.74) is 5.08. The smallest absolute Gasteiger partial charge is 0.254 e. The number of hydrogen-bond donors (Lipinski definition) is 0. The first kappa shape index (κ1) is 27.3. The number of aromatic nitrogens is 1. The molecule has 0 aliphatic carbocycles. The second kappa shape index (κ2) is 11.9. The highest BCUT2D eigenvalue weighted by Gasteiger charge is 2.32. The minimum Gasteiger partial charge on any atom is -0.355 e. The molecule has 208 valence electrons. The summed E-state index contributed by atoms with van der Waals surface area (Å²) in [6.45, 7) is 4.56. The van der Waals surface area contributed by atoms with Gasteiger partial charge in [0.1, 0.15) is 5.82 Å². The van der Waals surface area contributed by atoms with Crippen molar-refractivity contribution in [3.63, 3.8) is 0 Å². The van der Waals surface area contributed by atoms with Crippen molar-refractivity contribution in [1.29, 1.82) is 5.26 Å². The third-order valence-electron chi connectivity index (χ3n) is 8.43. The Morgan fingerprint density at radius 2 is 1.76 bits per heavy atom. The number of pyridine rings is 1. The molecule has 3 heterocycles. The topological polar surface area (TPSA) is 63.5 Å². The van der Waals surface area contributed by atoms with Gasteiger partial charge in [0.15, 0.2) is 0 Å². The maximum atomic E-state index is 14.4. The van der Waals surface area contributed by atoms with Crippen LogP contribution in [-0.4, -0.2) is 60.0 Å². The Balaban J connectivity index is 1.40. The fourth-order valence-electron chi connectivity index (χ4n) is 6.18. The van der Waals surface area contributed by atoms with E-state index in [4.69, 9.17) is 16.6 Å². The molecule has 2 fully saturated rings. The predicted molar refractivity (Wildman–Crippen MR) is 165 cm³/mol. The van der Waals surface area contributed by atoms with Gasteiger partial charge in [-0.05, 0) is 91.9 Å². The molecule has 4 aromatic rings. The van der Waals surface area contributed by atoms with Gasteiger partial charge in [0.25, 0.3) is 5.91 Å². The molecule has 1 amide bonds.